The van der Waals surface area contributed by atoms with E-state index >= 15 is 0 Å². The zero-order valence-electron chi connectivity index (χ0n) is 14.4. The highest BCUT2D eigenvalue weighted by Crippen LogP contribution is 2.21. The van der Waals surface area contributed by atoms with Crippen LogP contribution in [0.15, 0.2) is 23.4 Å². The molecular formula is C17H26N2O3S. The van der Waals surface area contributed by atoms with E-state index in [0.717, 1.165) is 18.4 Å². The molecule has 0 N–H and O–H groups in total. The molecule has 1 saturated heterocycles. The monoisotopic (exact) mass is 338 g/mol. The van der Waals surface area contributed by atoms with Crippen LogP contribution >= 0.6 is 0 Å². The first-order valence-corrected chi connectivity index (χ1v) is 9.35. The van der Waals surface area contributed by atoms with E-state index in [-0.39, 0.29) is 12.0 Å². The van der Waals surface area contributed by atoms with E-state index < -0.39 is 16.4 Å². The third-order valence-electron chi connectivity index (χ3n) is 3.68. The summed E-state index contributed by atoms with van der Waals surface area (Å²) in [6, 6.07) is 3.76. The maximum atomic E-state index is 12.5. The molecule has 2 atom stereocenters. The van der Waals surface area contributed by atoms with Gasteiger partial charge in [-0.25, -0.2) is 9.78 Å². The lowest BCUT2D eigenvalue weighted by molar-refractivity contribution is 0.0176. The Morgan fingerprint density at radius 3 is 2.87 bits per heavy atom. The molecule has 0 aromatic carbocycles. The molecular weight excluding hydrogens is 312 g/mol. The molecule has 128 valence electrons. The quantitative estimate of drug-likeness (QED) is 0.849. The van der Waals surface area contributed by atoms with E-state index in [9.17, 15) is 9.00 Å². The number of nitrogens with zero attached hydrogens (tertiary/aromatic N) is 2. The predicted octanol–water partition coefficient (Wildman–Crippen LogP) is 3.14. The van der Waals surface area contributed by atoms with E-state index in [0.29, 0.717) is 23.9 Å². The lowest BCUT2D eigenvalue weighted by Gasteiger charge is -2.33. The summed E-state index contributed by atoms with van der Waals surface area (Å²) in [6.07, 6.45) is 3.32. The van der Waals surface area contributed by atoms with E-state index in [4.69, 9.17) is 4.74 Å². The summed E-state index contributed by atoms with van der Waals surface area (Å²) in [5, 5.41) is 0.624. The molecule has 0 unspecified atom stereocenters. The minimum atomic E-state index is -1.13. The van der Waals surface area contributed by atoms with Crippen molar-refractivity contribution in [3.8, 4) is 0 Å². The number of hydrogen-bond donors (Lipinski definition) is 0. The first-order valence-electron chi connectivity index (χ1n) is 8.03. The second-order valence-corrected chi connectivity index (χ2v) is 8.56. The highest BCUT2D eigenvalue weighted by atomic mass is 32.2. The van der Waals surface area contributed by atoms with Crippen LogP contribution in [0.3, 0.4) is 0 Å². The number of amides is 1. The highest BCUT2D eigenvalue weighted by molar-refractivity contribution is 7.84. The van der Waals surface area contributed by atoms with Crippen LogP contribution in [0.4, 0.5) is 4.79 Å². The van der Waals surface area contributed by atoms with Crippen molar-refractivity contribution in [1.82, 2.24) is 9.88 Å². The third kappa shape index (κ3) is 5.61. The summed E-state index contributed by atoms with van der Waals surface area (Å²) in [6.45, 7) is 8.88. The number of aryl methyl sites for hydroxylation is 1. The number of ether oxygens (including phenoxy) is 1. The Morgan fingerprint density at radius 1 is 1.48 bits per heavy atom. The van der Waals surface area contributed by atoms with Gasteiger partial charge in [-0.3, -0.25) is 4.21 Å². The number of carbonyl (C=O) groups is 1. The smallest absolute Gasteiger partial charge is 0.410 e. The number of carbonyl (C=O) groups excluding carboxylic acids is 1. The summed E-state index contributed by atoms with van der Waals surface area (Å²) >= 11 is 0. The third-order valence-corrected chi connectivity index (χ3v) is 5.15. The Morgan fingerprint density at radius 2 is 2.22 bits per heavy atom. The van der Waals surface area contributed by atoms with Crippen molar-refractivity contribution in [2.45, 2.75) is 51.2 Å². The molecule has 1 amide bonds. The fraction of sp³-hybridized carbons (Fsp3) is 0.647. The molecule has 5 nitrogen and oxygen atoms in total. The summed E-state index contributed by atoms with van der Waals surface area (Å²) in [4.78, 5) is 18.1. The largest absolute Gasteiger partial charge is 0.444 e. The molecule has 2 heterocycles. The molecule has 1 fully saturated rings. The Hall–Kier alpha value is -1.43. The number of pyridine rings is 1. The molecule has 2 rings (SSSR count). The molecule has 0 aliphatic carbocycles. The molecule has 6 heteroatoms. The Bertz CT molecular complexity index is 583. The van der Waals surface area contributed by atoms with Crippen molar-refractivity contribution >= 4 is 16.9 Å². The van der Waals surface area contributed by atoms with Gasteiger partial charge in [0.25, 0.3) is 0 Å². The van der Waals surface area contributed by atoms with Gasteiger partial charge in [-0.1, -0.05) is 0 Å². The van der Waals surface area contributed by atoms with Gasteiger partial charge in [0, 0.05) is 25.0 Å². The zero-order chi connectivity index (χ0) is 17.0. The van der Waals surface area contributed by atoms with Gasteiger partial charge >= 0.3 is 6.09 Å². The number of aromatic nitrogens is 1. The second-order valence-electron chi connectivity index (χ2n) is 7.12. The van der Waals surface area contributed by atoms with Crippen molar-refractivity contribution in [3.63, 3.8) is 0 Å². The van der Waals surface area contributed by atoms with Gasteiger partial charge in [0.1, 0.15) is 10.6 Å². The normalized spacial score (nSPS) is 20.2. The van der Waals surface area contributed by atoms with Crippen LogP contribution in [0, 0.1) is 12.8 Å². The van der Waals surface area contributed by atoms with Crippen LogP contribution in [0.2, 0.25) is 0 Å². The minimum Gasteiger partial charge on any atom is -0.444 e. The summed E-state index contributed by atoms with van der Waals surface area (Å²) in [5.41, 5.74) is 0.570. The molecule has 0 bridgehead atoms. The fourth-order valence-electron chi connectivity index (χ4n) is 2.63. The summed E-state index contributed by atoms with van der Waals surface area (Å²) in [7, 11) is -1.13. The number of piperidine rings is 1. The van der Waals surface area contributed by atoms with Crippen molar-refractivity contribution in [1.29, 1.82) is 0 Å². The van der Waals surface area contributed by atoms with Crippen molar-refractivity contribution < 1.29 is 13.7 Å². The number of likely N-dealkylation sites (tertiary alicyclic amines) is 1. The maximum absolute atomic E-state index is 12.5. The lowest BCUT2D eigenvalue weighted by atomic mass is 10.0. The molecule has 1 aliphatic rings. The molecule has 0 spiro atoms. The van der Waals surface area contributed by atoms with Gasteiger partial charge in [-0.2, -0.15) is 0 Å². The van der Waals surface area contributed by atoms with Gasteiger partial charge in [-0.15, -0.1) is 0 Å². The van der Waals surface area contributed by atoms with E-state index in [1.807, 2.05) is 39.8 Å². The first kappa shape index (κ1) is 17.9. The minimum absolute atomic E-state index is 0.222. The van der Waals surface area contributed by atoms with E-state index in [1.54, 1.807) is 11.1 Å². The van der Waals surface area contributed by atoms with Crippen molar-refractivity contribution in [2.75, 3.05) is 18.8 Å². The van der Waals surface area contributed by atoms with Crippen LogP contribution in [-0.2, 0) is 15.5 Å². The van der Waals surface area contributed by atoms with Crippen LogP contribution in [0.1, 0.15) is 39.2 Å². The zero-order valence-corrected chi connectivity index (χ0v) is 15.2. The average molecular weight is 338 g/mol. The van der Waals surface area contributed by atoms with Crippen LogP contribution in [0.25, 0.3) is 0 Å². The lowest BCUT2D eigenvalue weighted by Crippen LogP contribution is -2.44. The maximum Gasteiger partial charge on any atom is 0.410 e. The van der Waals surface area contributed by atoms with Crippen molar-refractivity contribution in [3.05, 3.63) is 23.9 Å². The molecule has 23 heavy (non-hydrogen) atoms. The molecule has 1 aromatic rings. The molecule has 1 aromatic heterocycles. The average Bonchev–Trinajstić information content (AvgIpc) is 2.45. The van der Waals surface area contributed by atoms with Gasteiger partial charge < -0.3 is 9.64 Å². The highest BCUT2D eigenvalue weighted by Gasteiger charge is 2.28. The second kappa shape index (κ2) is 7.43. The van der Waals surface area contributed by atoms with E-state index in [1.165, 1.54) is 0 Å². The van der Waals surface area contributed by atoms with Crippen LogP contribution in [0.5, 0.6) is 0 Å². The molecule has 0 radical (unpaired) electrons. The van der Waals surface area contributed by atoms with Gasteiger partial charge in [0.15, 0.2) is 0 Å². The molecule has 0 saturated carbocycles. The van der Waals surface area contributed by atoms with Gasteiger partial charge in [0.2, 0.25) is 0 Å². The first-order chi connectivity index (χ1) is 10.7. The van der Waals surface area contributed by atoms with E-state index in [2.05, 4.69) is 4.98 Å². The van der Waals surface area contributed by atoms with Crippen LogP contribution in [-0.4, -0.2) is 44.6 Å². The summed E-state index contributed by atoms with van der Waals surface area (Å²) in [5.74, 6) is 0.759. The predicted molar refractivity (Wildman–Crippen MR) is 90.8 cm³/mol. The topological polar surface area (TPSA) is 59.5 Å². The standard InChI is InChI=1S/C17H26N2O3S/c1-13-7-8-18-15(10-13)23(21)12-14-6-5-9-19(11-14)16(20)22-17(2,3)4/h7-8,10,14H,5-6,9,11-12H2,1-4H3/t14-,23-/m0/s1. The number of rotatable bonds is 3. The summed E-state index contributed by atoms with van der Waals surface area (Å²) < 4.78 is 17.9. The Balaban J connectivity index is 1.93. The molecule has 1 aliphatic heterocycles. The van der Waals surface area contributed by atoms with Crippen LogP contribution < -0.4 is 0 Å². The SMILES string of the molecule is Cc1ccnc([S@@](=O)C[C@H]2CCCN(C(=O)OC(C)(C)C)C2)c1. The van der Waals surface area contributed by atoms with Gasteiger partial charge in [-0.05, 0) is 64.2 Å². The Kier molecular flexibility index (Phi) is 5.79. The Labute approximate surface area is 140 Å². The number of hydrogen-bond acceptors (Lipinski definition) is 4. The van der Waals surface area contributed by atoms with Crippen molar-refractivity contribution in [2.24, 2.45) is 5.92 Å². The van der Waals surface area contributed by atoms with Gasteiger partial charge in [0.05, 0.1) is 10.8 Å². The fourth-order valence-corrected chi connectivity index (χ4v) is 3.99.